The van der Waals surface area contributed by atoms with Crippen molar-refractivity contribution in [2.45, 2.75) is 39.8 Å². The molecule has 0 unspecified atom stereocenters. The number of carbonyl (C=O) groups is 1. The van der Waals surface area contributed by atoms with Gasteiger partial charge in [-0.2, -0.15) is 0 Å². The Labute approximate surface area is 179 Å². The van der Waals surface area contributed by atoms with Gasteiger partial charge in [-0.25, -0.2) is 0 Å². The van der Waals surface area contributed by atoms with Crippen LogP contribution in [0.1, 0.15) is 43.4 Å². The first-order chi connectivity index (χ1) is 14.7. The van der Waals surface area contributed by atoms with Crippen LogP contribution in [-0.4, -0.2) is 37.1 Å². The molecule has 2 aromatic carbocycles. The molecule has 0 bridgehead atoms. The fourth-order valence-corrected chi connectivity index (χ4v) is 3.65. The van der Waals surface area contributed by atoms with Crippen LogP contribution in [0.3, 0.4) is 0 Å². The minimum atomic E-state index is -0.113. The van der Waals surface area contributed by atoms with Crippen molar-refractivity contribution in [2.75, 3.05) is 26.3 Å². The molecule has 0 radical (unpaired) electrons. The van der Waals surface area contributed by atoms with E-state index in [-0.39, 0.29) is 5.91 Å². The molecule has 1 aliphatic rings. The molecule has 1 fully saturated rings. The van der Waals surface area contributed by atoms with E-state index in [0.717, 1.165) is 30.9 Å². The molecule has 30 heavy (non-hydrogen) atoms. The lowest BCUT2D eigenvalue weighted by atomic mass is 10.1. The van der Waals surface area contributed by atoms with Crippen LogP contribution in [0.4, 0.5) is 0 Å². The van der Waals surface area contributed by atoms with Crippen LogP contribution in [0.25, 0.3) is 6.08 Å². The second-order valence-electron chi connectivity index (χ2n) is 7.38. The predicted octanol–water partition coefficient (Wildman–Crippen LogP) is 4.41. The van der Waals surface area contributed by atoms with Crippen LogP contribution in [0.15, 0.2) is 48.5 Å². The summed E-state index contributed by atoms with van der Waals surface area (Å²) < 4.78 is 11.2. The first kappa shape index (κ1) is 21.9. The quantitative estimate of drug-likeness (QED) is 0.592. The monoisotopic (exact) mass is 408 g/mol. The molecule has 1 amide bonds. The van der Waals surface area contributed by atoms with E-state index in [9.17, 15) is 4.79 Å². The molecule has 3 rings (SSSR count). The molecule has 160 valence electrons. The van der Waals surface area contributed by atoms with Crippen molar-refractivity contribution in [1.82, 2.24) is 10.2 Å². The SMILES string of the molecule is CCOc1ccc(/C=C/C(=O)NCc2ccccc2CN2CCCC2)cc1OCC. The predicted molar refractivity (Wildman–Crippen MR) is 121 cm³/mol. The van der Waals surface area contributed by atoms with Crippen molar-refractivity contribution in [1.29, 1.82) is 0 Å². The third-order valence-corrected chi connectivity index (χ3v) is 5.16. The van der Waals surface area contributed by atoms with E-state index in [0.29, 0.717) is 25.5 Å². The number of benzene rings is 2. The highest BCUT2D eigenvalue weighted by Crippen LogP contribution is 2.29. The van der Waals surface area contributed by atoms with Crippen molar-refractivity contribution < 1.29 is 14.3 Å². The molecule has 0 atom stereocenters. The average molecular weight is 409 g/mol. The molecule has 1 heterocycles. The van der Waals surface area contributed by atoms with E-state index in [4.69, 9.17) is 9.47 Å². The molecule has 5 heteroatoms. The zero-order valence-corrected chi connectivity index (χ0v) is 18.0. The van der Waals surface area contributed by atoms with E-state index in [1.165, 1.54) is 24.0 Å². The largest absolute Gasteiger partial charge is 0.490 e. The minimum absolute atomic E-state index is 0.113. The number of carbonyl (C=O) groups excluding carboxylic acids is 1. The van der Waals surface area contributed by atoms with Crippen LogP contribution < -0.4 is 14.8 Å². The minimum Gasteiger partial charge on any atom is -0.490 e. The molecule has 0 aliphatic carbocycles. The van der Waals surface area contributed by atoms with Gasteiger partial charge in [-0.3, -0.25) is 9.69 Å². The van der Waals surface area contributed by atoms with E-state index in [1.54, 1.807) is 12.2 Å². The molecular formula is C25H32N2O3. The van der Waals surface area contributed by atoms with E-state index in [2.05, 4.69) is 28.4 Å². The Kier molecular flexibility index (Phi) is 8.33. The second kappa shape index (κ2) is 11.4. The highest BCUT2D eigenvalue weighted by Gasteiger charge is 2.13. The normalized spacial score (nSPS) is 14.2. The Morgan fingerprint density at radius 1 is 1.00 bits per heavy atom. The van der Waals surface area contributed by atoms with Crippen LogP contribution in [0.5, 0.6) is 11.5 Å². The number of rotatable bonds is 10. The Morgan fingerprint density at radius 2 is 1.70 bits per heavy atom. The van der Waals surface area contributed by atoms with Crippen molar-refractivity contribution in [3.8, 4) is 11.5 Å². The van der Waals surface area contributed by atoms with Gasteiger partial charge in [0.15, 0.2) is 11.5 Å². The number of nitrogens with one attached hydrogen (secondary N) is 1. The van der Waals surface area contributed by atoms with Gasteiger partial charge in [-0.1, -0.05) is 30.3 Å². The lowest BCUT2D eigenvalue weighted by molar-refractivity contribution is -0.116. The van der Waals surface area contributed by atoms with Crippen molar-refractivity contribution in [3.63, 3.8) is 0 Å². The lowest BCUT2D eigenvalue weighted by Crippen LogP contribution is -2.23. The summed E-state index contributed by atoms with van der Waals surface area (Å²) in [6, 6.07) is 14.0. The van der Waals surface area contributed by atoms with Gasteiger partial charge in [0.1, 0.15) is 0 Å². The lowest BCUT2D eigenvalue weighted by Gasteiger charge is -2.17. The zero-order valence-electron chi connectivity index (χ0n) is 18.0. The number of ether oxygens (including phenoxy) is 2. The van der Waals surface area contributed by atoms with E-state index >= 15 is 0 Å². The fraction of sp³-hybridized carbons (Fsp3) is 0.400. The van der Waals surface area contributed by atoms with Crippen molar-refractivity contribution >= 4 is 12.0 Å². The van der Waals surface area contributed by atoms with Gasteiger partial charge >= 0.3 is 0 Å². The summed E-state index contributed by atoms with van der Waals surface area (Å²) in [4.78, 5) is 14.8. The first-order valence-corrected chi connectivity index (χ1v) is 10.8. The summed E-state index contributed by atoms with van der Waals surface area (Å²) in [5, 5.41) is 3.01. The average Bonchev–Trinajstić information content (AvgIpc) is 3.27. The molecule has 5 nitrogen and oxygen atoms in total. The standard InChI is InChI=1S/C25H32N2O3/c1-3-29-23-13-11-20(17-24(23)30-4-2)12-14-25(28)26-18-21-9-5-6-10-22(21)19-27-15-7-8-16-27/h5-6,9-14,17H,3-4,7-8,15-16,18-19H2,1-2H3,(H,26,28)/b14-12+. The van der Waals surface area contributed by atoms with E-state index < -0.39 is 0 Å². The number of hydrogen-bond donors (Lipinski definition) is 1. The molecule has 1 aliphatic heterocycles. The van der Waals surface area contributed by atoms with Gasteiger partial charge in [-0.05, 0) is 74.7 Å². The van der Waals surface area contributed by atoms with Gasteiger partial charge < -0.3 is 14.8 Å². The van der Waals surface area contributed by atoms with Crippen LogP contribution in [0.2, 0.25) is 0 Å². The van der Waals surface area contributed by atoms with Gasteiger partial charge in [0.05, 0.1) is 13.2 Å². The summed E-state index contributed by atoms with van der Waals surface area (Å²) >= 11 is 0. The maximum absolute atomic E-state index is 12.4. The number of amides is 1. The summed E-state index contributed by atoms with van der Waals surface area (Å²) in [5.41, 5.74) is 3.36. The molecule has 1 saturated heterocycles. The Hall–Kier alpha value is -2.79. The summed E-state index contributed by atoms with van der Waals surface area (Å²) in [6.45, 7) is 8.82. The fourth-order valence-electron chi connectivity index (χ4n) is 3.65. The van der Waals surface area contributed by atoms with Gasteiger partial charge in [0.25, 0.3) is 0 Å². The van der Waals surface area contributed by atoms with Gasteiger partial charge in [0, 0.05) is 19.2 Å². The molecular weight excluding hydrogens is 376 g/mol. The van der Waals surface area contributed by atoms with Crippen LogP contribution in [0, 0.1) is 0 Å². The summed E-state index contributed by atoms with van der Waals surface area (Å²) in [6.07, 6.45) is 5.92. The summed E-state index contributed by atoms with van der Waals surface area (Å²) in [7, 11) is 0. The molecule has 0 saturated carbocycles. The number of nitrogens with zero attached hydrogens (tertiary/aromatic N) is 1. The van der Waals surface area contributed by atoms with Crippen molar-refractivity contribution in [3.05, 3.63) is 65.2 Å². The molecule has 1 N–H and O–H groups in total. The van der Waals surface area contributed by atoms with Gasteiger partial charge in [0.2, 0.25) is 5.91 Å². The number of likely N-dealkylation sites (tertiary alicyclic amines) is 1. The molecule has 2 aromatic rings. The first-order valence-electron chi connectivity index (χ1n) is 10.8. The Balaban J connectivity index is 1.58. The van der Waals surface area contributed by atoms with Crippen LogP contribution in [-0.2, 0) is 17.9 Å². The van der Waals surface area contributed by atoms with Gasteiger partial charge in [-0.15, -0.1) is 0 Å². The zero-order chi connectivity index (χ0) is 21.2. The maximum atomic E-state index is 12.4. The highest BCUT2D eigenvalue weighted by atomic mass is 16.5. The Bertz CT molecular complexity index is 857. The highest BCUT2D eigenvalue weighted by molar-refractivity contribution is 5.91. The maximum Gasteiger partial charge on any atom is 0.244 e. The smallest absolute Gasteiger partial charge is 0.244 e. The topological polar surface area (TPSA) is 50.8 Å². The number of hydrogen-bond acceptors (Lipinski definition) is 4. The van der Waals surface area contributed by atoms with Crippen molar-refractivity contribution in [2.24, 2.45) is 0 Å². The molecule has 0 spiro atoms. The third-order valence-electron chi connectivity index (χ3n) is 5.16. The van der Waals surface area contributed by atoms with Crippen LogP contribution >= 0.6 is 0 Å². The molecule has 0 aromatic heterocycles. The van der Waals surface area contributed by atoms with E-state index in [1.807, 2.05) is 38.1 Å². The Morgan fingerprint density at radius 3 is 2.43 bits per heavy atom. The summed E-state index contributed by atoms with van der Waals surface area (Å²) in [5.74, 6) is 1.30. The third kappa shape index (κ3) is 6.36. The second-order valence-corrected chi connectivity index (χ2v) is 7.38.